The fraction of sp³-hybridized carbons (Fsp3) is 0.562. The van der Waals surface area contributed by atoms with Gasteiger partial charge >= 0.3 is 0 Å². The minimum atomic E-state index is 0.332. The van der Waals surface area contributed by atoms with Crippen LogP contribution < -0.4 is 4.74 Å². The molecular formula is C16H21NO2. The highest BCUT2D eigenvalue weighted by Gasteiger charge is 2.31. The zero-order chi connectivity index (χ0) is 13.2. The quantitative estimate of drug-likeness (QED) is 0.832. The molecule has 3 rings (SSSR count). The summed E-state index contributed by atoms with van der Waals surface area (Å²) in [5.41, 5.74) is 1.26. The summed E-state index contributed by atoms with van der Waals surface area (Å²) in [6.45, 7) is 1.92. The molecule has 1 aromatic rings. The van der Waals surface area contributed by atoms with Crippen LogP contribution >= 0.6 is 0 Å². The Morgan fingerprint density at radius 2 is 1.95 bits per heavy atom. The van der Waals surface area contributed by atoms with Crippen molar-refractivity contribution in [3.63, 3.8) is 0 Å². The Hall–Kier alpha value is -1.51. The van der Waals surface area contributed by atoms with Gasteiger partial charge in [0.15, 0.2) is 0 Å². The third-order valence-electron chi connectivity index (χ3n) is 4.28. The number of nitrogens with zero attached hydrogens (tertiary/aromatic N) is 1. The number of ether oxygens (including phenoxy) is 1. The summed E-state index contributed by atoms with van der Waals surface area (Å²) in [5.74, 6) is 2.38. The molecule has 1 saturated heterocycles. The number of carbonyl (C=O) groups excluding carboxylic acids is 1. The highest BCUT2D eigenvalue weighted by atomic mass is 16.5. The highest BCUT2D eigenvalue weighted by Crippen LogP contribution is 2.34. The van der Waals surface area contributed by atoms with Crippen molar-refractivity contribution in [1.82, 2.24) is 4.90 Å². The second-order valence-electron chi connectivity index (χ2n) is 5.75. The van der Waals surface area contributed by atoms with Crippen LogP contribution in [0.1, 0.15) is 37.2 Å². The summed E-state index contributed by atoms with van der Waals surface area (Å²) in [4.78, 5) is 14.2. The molecule has 0 N–H and O–H groups in total. The van der Waals surface area contributed by atoms with Gasteiger partial charge in [-0.15, -0.1) is 0 Å². The van der Waals surface area contributed by atoms with E-state index in [-0.39, 0.29) is 0 Å². The molecule has 2 aliphatic rings. The smallest absolute Gasteiger partial charge is 0.223 e. The fourth-order valence-electron chi connectivity index (χ4n) is 2.84. The molecule has 1 saturated carbocycles. The van der Waals surface area contributed by atoms with Crippen molar-refractivity contribution < 1.29 is 9.53 Å². The highest BCUT2D eigenvalue weighted by molar-refractivity contribution is 5.78. The number of benzene rings is 1. The average Bonchev–Trinajstić information content (AvgIpc) is 3.25. The van der Waals surface area contributed by atoms with Crippen LogP contribution in [0.2, 0.25) is 0 Å². The number of hydrogen-bond donors (Lipinski definition) is 0. The van der Waals surface area contributed by atoms with Gasteiger partial charge in [0.05, 0.1) is 7.11 Å². The lowest BCUT2D eigenvalue weighted by molar-refractivity contribution is -0.134. The summed E-state index contributed by atoms with van der Waals surface area (Å²) in [6.07, 6.45) is 4.38. The topological polar surface area (TPSA) is 29.5 Å². The van der Waals surface area contributed by atoms with Gasteiger partial charge in [0.1, 0.15) is 5.75 Å². The average molecular weight is 259 g/mol. The van der Waals surface area contributed by atoms with Gasteiger partial charge in [-0.05, 0) is 48.8 Å². The SMILES string of the molecule is COc1ccc(C2CCN(CC3CC3)C(=O)C2)cc1. The van der Waals surface area contributed by atoms with Crippen molar-refractivity contribution >= 4 is 5.91 Å². The molecule has 1 aromatic carbocycles. The molecule has 0 spiro atoms. The second-order valence-corrected chi connectivity index (χ2v) is 5.75. The molecule has 3 heteroatoms. The summed E-state index contributed by atoms with van der Waals surface area (Å²) >= 11 is 0. The zero-order valence-electron chi connectivity index (χ0n) is 11.5. The van der Waals surface area contributed by atoms with Gasteiger partial charge in [-0.1, -0.05) is 12.1 Å². The number of likely N-dealkylation sites (tertiary alicyclic amines) is 1. The summed E-state index contributed by atoms with van der Waals surface area (Å²) in [6, 6.07) is 8.15. The lowest BCUT2D eigenvalue weighted by Gasteiger charge is -2.32. The van der Waals surface area contributed by atoms with Gasteiger partial charge in [0.25, 0.3) is 0 Å². The number of rotatable bonds is 4. The van der Waals surface area contributed by atoms with Gasteiger partial charge in [-0.2, -0.15) is 0 Å². The Morgan fingerprint density at radius 3 is 2.53 bits per heavy atom. The summed E-state index contributed by atoms with van der Waals surface area (Å²) in [7, 11) is 1.68. The normalized spacial score (nSPS) is 23.5. The molecule has 0 bridgehead atoms. The number of carbonyl (C=O) groups is 1. The predicted octanol–water partition coefficient (Wildman–Crippen LogP) is 2.81. The second kappa shape index (κ2) is 5.24. The fourth-order valence-corrected chi connectivity index (χ4v) is 2.84. The maximum Gasteiger partial charge on any atom is 0.223 e. The number of piperidine rings is 1. The third kappa shape index (κ3) is 2.91. The Kier molecular flexibility index (Phi) is 3.45. The maximum atomic E-state index is 12.2. The van der Waals surface area contributed by atoms with E-state index in [1.165, 1.54) is 18.4 Å². The molecule has 0 radical (unpaired) electrons. The lowest BCUT2D eigenvalue weighted by Crippen LogP contribution is -2.39. The monoisotopic (exact) mass is 259 g/mol. The standard InChI is InChI=1S/C16H21NO2/c1-19-15-6-4-13(5-7-15)14-8-9-17(16(18)10-14)11-12-2-3-12/h4-7,12,14H,2-3,8-11H2,1H3. The van der Waals surface area contributed by atoms with Crippen molar-refractivity contribution in [2.45, 2.75) is 31.6 Å². The van der Waals surface area contributed by atoms with Gasteiger partial charge < -0.3 is 9.64 Å². The molecule has 0 aromatic heterocycles. The lowest BCUT2D eigenvalue weighted by atomic mass is 9.89. The van der Waals surface area contributed by atoms with E-state index >= 15 is 0 Å². The molecule has 2 fully saturated rings. The van der Waals surface area contributed by atoms with Crippen molar-refractivity contribution in [2.75, 3.05) is 20.2 Å². The van der Waals surface area contributed by atoms with Crippen molar-refractivity contribution in [2.24, 2.45) is 5.92 Å². The Balaban J connectivity index is 1.61. The van der Waals surface area contributed by atoms with Crippen LogP contribution in [0.3, 0.4) is 0 Å². The Morgan fingerprint density at radius 1 is 1.21 bits per heavy atom. The molecule has 1 aliphatic carbocycles. The number of methoxy groups -OCH3 is 1. The molecule has 19 heavy (non-hydrogen) atoms. The molecular weight excluding hydrogens is 238 g/mol. The zero-order valence-corrected chi connectivity index (χ0v) is 11.5. The first-order valence-electron chi connectivity index (χ1n) is 7.18. The predicted molar refractivity (Wildman–Crippen MR) is 74.3 cm³/mol. The van der Waals surface area contributed by atoms with Crippen molar-refractivity contribution in [3.8, 4) is 5.75 Å². The van der Waals surface area contributed by atoms with E-state index in [1.54, 1.807) is 7.11 Å². The largest absolute Gasteiger partial charge is 0.497 e. The van der Waals surface area contributed by atoms with Gasteiger partial charge in [0, 0.05) is 19.5 Å². The van der Waals surface area contributed by atoms with E-state index in [1.807, 2.05) is 12.1 Å². The minimum Gasteiger partial charge on any atom is -0.497 e. The van der Waals surface area contributed by atoms with Crippen LogP contribution in [0.15, 0.2) is 24.3 Å². The number of amides is 1. The Bertz CT molecular complexity index is 450. The summed E-state index contributed by atoms with van der Waals surface area (Å²) < 4.78 is 5.17. The van der Waals surface area contributed by atoms with Crippen molar-refractivity contribution in [1.29, 1.82) is 0 Å². The van der Waals surface area contributed by atoms with Gasteiger partial charge in [0.2, 0.25) is 5.91 Å². The third-order valence-corrected chi connectivity index (χ3v) is 4.28. The summed E-state index contributed by atoms with van der Waals surface area (Å²) in [5, 5.41) is 0. The molecule has 3 nitrogen and oxygen atoms in total. The van der Waals surface area contributed by atoms with Crippen LogP contribution in [0.5, 0.6) is 5.75 Å². The van der Waals surface area contributed by atoms with Crippen LogP contribution in [0.25, 0.3) is 0 Å². The first kappa shape index (κ1) is 12.5. The van der Waals surface area contributed by atoms with Gasteiger partial charge in [-0.25, -0.2) is 0 Å². The molecule has 1 atom stereocenters. The molecule has 1 amide bonds. The van der Waals surface area contributed by atoms with Gasteiger partial charge in [-0.3, -0.25) is 4.79 Å². The molecule has 1 unspecified atom stereocenters. The van der Waals surface area contributed by atoms with E-state index in [9.17, 15) is 4.79 Å². The van der Waals surface area contributed by atoms with E-state index in [0.717, 1.165) is 31.2 Å². The minimum absolute atomic E-state index is 0.332. The Labute approximate surface area is 114 Å². The first-order valence-corrected chi connectivity index (χ1v) is 7.18. The first-order chi connectivity index (χ1) is 9.26. The van der Waals surface area contributed by atoms with E-state index in [4.69, 9.17) is 4.74 Å². The maximum absolute atomic E-state index is 12.2. The van der Waals surface area contributed by atoms with Crippen LogP contribution in [0, 0.1) is 5.92 Å². The van der Waals surface area contributed by atoms with E-state index in [2.05, 4.69) is 17.0 Å². The van der Waals surface area contributed by atoms with Crippen molar-refractivity contribution in [3.05, 3.63) is 29.8 Å². The molecule has 102 valence electrons. The van der Waals surface area contributed by atoms with Crippen LogP contribution in [-0.4, -0.2) is 31.0 Å². The van der Waals surface area contributed by atoms with E-state index in [0.29, 0.717) is 18.2 Å². The van der Waals surface area contributed by atoms with E-state index < -0.39 is 0 Å². The molecule has 1 heterocycles. The van der Waals surface area contributed by atoms with Crippen LogP contribution in [-0.2, 0) is 4.79 Å². The van der Waals surface area contributed by atoms with Crippen LogP contribution in [0.4, 0.5) is 0 Å². The molecule has 1 aliphatic heterocycles. The number of hydrogen-bond acceptors (Lipinski definition) is 2.